The zero-order chi connectivity index (χ0) is 19.5. The Bertz CT molecular complexity index is 961. The number of benzene rings is 1. The first-order valence-electron chi connectivity index (χ1n) is 9.09. The molecule has 0 saturated carbocycles. The number of hydrogen-bond donors (Lipinski definition) is 2. The average molecular weight is 414 g/mol. The minimum Gasteiger partial charge on any atom is -0.457 e. The van der Waals surface area contributed by atoms with Crippen molar-refractivity contribution >= 4 is 46.2 Å². The highest BCUT2D eigenvalue weighted by molar-refractivity contribution is 8.26. The molecule has 0 spiro atoms. The zero-order valence-electron chi connectivity index (χ0n) is 15.1. The molecule has 3 heterocycles. The third-order valence-electron chi connectivity index (χ3n) is 4.57. The lowest BCUT2D eigenvalue weighted by Crippen LogP contribution is -2.45. The van der Waals surface area contributed by atoms with E-state index in [9.17, 15) is 9.59 Å². The van der Waals surface area contributed by atoms with E-state index in [1.807, 2.05) is 23.2 Å². The molecule has 2 aromatic rings. The van der Waals surface area contributed by atoms with Gasteiger partial charge in [-0.2, -0.15) is 0 Å². The summed E-state index contributed by atoms with van der Waals surface area (Å²) >= 11 is 6.20. The quantitative estimate of drug-likeness (QED) is 0.590. The summed E-state index contributed by atoms with van der Waals surface area (Å²) in [4.78, 5) is 24.8. The molecule has 28 heavy (non-hydrogen) atoms. The Kier molecular flexibility index (Phi) is 5.61. The van der Waals surface area contributed by atoms with Gasteiger partial charge in [0, 0.05) is 30.3 Å². The summed E-state index contributed by atoms with van der Waals surface area (Å²) in [6, 6.07) is 10.9. The first kappa shape index (κ1) is 18.9. The van der Waals surface area contributed by atoms with Crippen molar-refractivity contribution in [3.63, 3.8) is 0 Å². The number of carbonyl (C=O) groups is 2. The minimum atomic E-state index is -0.218. The lowest BCUT2D eigenvalue weighted by Gasteiger charge is -2.26. The van der Waals surface area contributed by atoms with Gasteiger partial charge >= 0.3 is 0 Å². The van der Waals surface area contributed by atoms with E-state index < -0.39 is 0 Å². The van der Waals surface area contributed by atoms with Crippen molar-refractivity contribution in [3.05, 3.63) is 52.6 Å². The summed E-state index contributed by atoms with van der Waals surface area (Å²) in [5.41, 5.74) is 4.35. The third kappa shape index (κ3) is 4.35. The van der Waals surface area contributed by atoms with E-state index in [1.165, 1.54) is 18.2 Å². The van der Waals surface area contributed by atoms with E-state index in [2.05, 4.69) is 10.7 Å². The largest absolute Gasteiger partial charge is 0.457 e. The number of furan rings is 1. The SMILES string of the molecule is O=C1NC(=S)S/C1=C/c1ccc(-c2cccc(C(=O)NN3CCCCC3)c2)o1. The summed E-state index contributed by atoms with van der Waals surface area (Å²) < 4.78 is 6.29. The maximum absolute atomic E-state index is 12.5. The van der Waals surface area contributed by atoms with Crippen LogP contribution in [-0.4, -0.2) is 34.2 Å². The fourth-order valence-electron chi connectivity index (χ4n) is 3.16. The second-order valence-electron chi connectivity index (χ2n) is 6.62. The monoisotopic (exact) mass is 413 g/mol. The summed E-state index contributed by atoms with van der Waals surface area (Å²) in [6.45, 7) is 1.77. The Balaban J connectivity index is 1.49. The van der Waals surface area contributed by atoms with Crippen LogP contribution in [-0.2, 0) is 4.79 Å². The molecule has 1 aromatic carbocycles. The molecule has 0 unspecified atom stereocenters. The molecule has 2 amide bonds. The fourth-order valence-corrected chi connectivity index (χ4v) is 4.19. The number of amides is 2. The van der Waals surface area contributed by atoms with Gasteiger partial charge in [-0.05, 0) is 37.1 Å². The molecule has 144 valence electrons. The average Bonchev–Trinajstić information content (AvgIpc) is 3.29. The normalized spacial score (nSPS) is 19.1. The van der Waals surface area contributed by atoms with Crippen LogP contribution < -0.4 is 10.7 Å². The van der Waals surface area contributed by atoms with Gasteiger partial charge in [0.15, 0.2) is 0 Å². The van der Waals surface area contributed by atoms with Gasteiger partial charge in [0.25, 0.3) is 11.8 Å². The van der Waals surface area contributed by atoms with Crippen LogP contribution in [0.5, 0.6) is 0 Å². The summed E-state index contributed by atoms with van der Waals surface area (Å²) in [5.74, 6) is 0.848. The van der Waals surface area contributed by atoms with E-state index in [0.29, 0.717) is 26.3 Å². The van der Waals surface area contributed by atoms with Crippen molar-refractivity contribution in [2.75, 3.05) is 13.1 Å². The third-order valence-corrected chi connectivity index (χ3v) is 5.73. The molecular formula is C20H19N3O3S2. The van der Waals surface area contributed by atoms with Crippen molar-refractivity contribution in [2.45, 2.75) is 19.3 Å². The smallest absolute Gasteiger partial charge is 0.265 e. The topological polar surface area (TPSA) is 74.6 Å². The lowest BCUT2D eigenvalue weighted by molar-refractivity contribution is -0.115. The number of hydrazine groups is 1. The fraction of sp³-hybridized carbons (Fsp3) is 0.250. The molecule has 2 saturated heterocycles. The highest BCUT2D eigenvalue weighted by Crippen LogP contribution is 2.29. The lowest BCUT2D eigenvalue weighted by atomic mass is 10.1. The van der Waals surface area contributed by atoms with Crippen LogP contribution in [0, 0.1) is 0 Å². The van der Waals surface area contributed by atoms with Crippen molar-refractivity contribution in [3.8, 4) is 11.3 Å². The number of nitrogens with zero attached hydrogens (tertiary/aromatic N) is 1. The maximum atomic E-state index is 12.5. The van der Waals surface area contributed by atoms with Gasteiger partial charge in [-0.3, -0.25) is 15.0 Å². The summed E-state index contributed by atoms with van der Waals surface area (Å²) in [7, 11) is 0. The number of hydrogen-bond acceptors (Lipinski definition) is 6. The van der Waals surface area contributed by atoms with Crippen molar-refractivity contribution < 1.29 is 14.0 Å². The second-order valence-corrected chi connectivity index (χ2v) is 8.34. The Morgan fingerprint density at radius 3 is 2.79 bits per heavy atom. The van der Waals surface area contributed by atoms with Crippen LogP contribution in [0.4, 0.5) is 0 Å². The van der Waals surface area contributed by atoms with Crippen LogP contribution in [0.25, 0.3) is 17.4 Å². The number of piperidine rings is 1. The van der Waals surface area contributed by atoms with Crippen LogP contribution in [0.15, 0.2) is 45.7 Å². The summed E-state index contributed by atoms with van der Waals surface area (Å²) in [6.07, 6.45) is 5.08. The molecule has 4 rings (SSSR count). The number of thioether (sulfide) groups is 1. The van der Waals surface area contributed by atoms with Gasteiger partial charge in [0.05, 0.1) is 4.91 Å². The maximum Gasteiger partial charge on any atom is 0.265 e. The first-order valence-corrected chi connectivity index (χ1v) is 10.3. The standard InChI is InChI=1S/C20H19N3O3S2/c24-18(22-23-9-2-1-3-10-23)14-6-4-5-13(11-14)16-8-7-15(26-16)12-17-19(25)21-20(27)28-17/h4-8,11-12H,1-3,9-10H2,(H,22,24)(H,21,25,27)/b17-12+. The molecule has 1 aromatic heterocycles. The Hall–Kier alpha value is -2.42. The van der Waals surface area contributed by atoms with E-state index in [-0.39, 0.29) is 11.8 Å². The Labute approximate surface area is 172 Å². The predicted octanol–water partition coefficient (Wildman–Crippen LogP) is 3.57. The number of carbonyl (C=O) groups excluding carboxylic acids is 2. The first-order chi connectivity index (χ1) is 13.6. The van der Waals surface area contributed by atoms with Gasteiger partial charge in [0.1, 0.15) is 15.8 Å². The van der Waals surface area contributed by atoms with Gasteiger partial charge in [0.2, 0.25) is 0 Å². The van der Waals surface area contributed by atoms with Gasteiger partial charge in [-0.15, -0.1) is 0 Å². The molecule has 2 aliphatic rings. The Morgan fingerprint density at radius 2 is 2.04 bits per heavy atom. The second kappa shape index (κ2) is 8.30. The van der Waals surface area contributed by atoms with E-state index >= 15 is 0 Å². The molecule has 0 bridgehead atoms. The van der Waals surface area contributed by atoms with Gasteiger partial charge < -0.3 is 9.73 Å². The molecular weight excluding hydrogens is 394 g/mol. The zero-order valence-corrected chi connectivity index (χ0v) is 16.7. The van der Waals surface area contributed by atoms with Crippen LogP contribution in [0.3, 0.4) is 0 Å². The highest BCUT2D eigenvalue weighted by atomic mass is 32.2. The minimum absolute atomic E-state index is 0.120. The molecule has 0 radical (unpaired) electrons. The molecule has 8 heteroatoms. The molecule has 2 N–H and O–H groups in total. The van der Waals surface area contributed by atoms with Crippen LogP contribution >= 0.6 is 24.0 Å². The van der Waals surface area contributed by atoms with Crippen molar-refractivity contribution in [2.24, 2.45) is 0 Å². The molecule has 2 aliphatic heterocycles. The molecule has 0 aliphatic carbocycles. The highest BCUT2D eigenvalue weighted by Gasteiger charge is 2.22. The van der Waals surface area contributed by atoms with Gasteiger partial charge in [-0.25, -0.2) is 5.01 Å². The van der Waals surface area contributed by atoms with E-state index in [0.717, 1.165) is 31.5 Å². The van der Waals surface area contributed by atoms with Crippen molar-refractivity contribution in [1.82, 2.24) is 15.8 Å². The predicted molar refractivity (Wildman–Crippen MR) is 113 cm³/mol. The Morgan fingerprint density at radius 1 is 1.21 bits per heavy atom. The van der Waals surface area contributed by atoms with Gasteiger partial charge in [-0.1, -0.05) is 42.5 Å². The summed E-state index contributed by atoms with van der Waals surface area (Å²) in [5, 5.41) is 4.55. The molecule has 6 nitrogen and oxygen atoms in total. The molecule has 2 fully saturated rings. The number of nitrogens with one attached hydrogen (secondary N) is 2. The van der Waals surface area contributed by atoms with Crippen LogP contribution in [0.2, 0.25) is 0 Å². The van der Waals surface area contributed by atoms with E-state index in [1.54, 1.807) is 24.3 Å². The van der Waals surface area contributed by atoms with E-state index in [4.69, 9.17) is 16.6 Å². The number of thiocarbonyl (C=S) groups is 1. The number of rotatable bonds is 4. The molecule has 0 atom stereocenters. The van der Waals surface area contributed by atoms with Crippen LogP contribution in [0.1, 0.15) is 35.4 Å². The van der Waals surface area contributed by atoms with Crippen molar-refractivity contribution in [1.29, 1.82) is 0 Å².